The van der Waals surface area contributed by atoms with Gasteiger partial charge in [0.2, 0.25) is 0 Å². The molecule has 0 radical (unpaired) electrons. The minimum atomic E-state index is -0.668. The number of nitrogen functional groups attached to an aromatic ring is 1. The van der Waals surface area contributed by atoms with Crippen LogP contribution in [-0.4, -0.2) is 11.0 Å². The number of nitrogens with two attached hydrogens (primary N) is 1. The number of esters is 1. The molecule has 0 saturated heterocycles. The van der Waals surface area contributed by atoms with E-state index in [9.17, 15) is 10.1 Å². The fourth-order valence-electron chi connectivity index (χ4n) is 2.39. The quantitative estimate of drug-likeness (QED) is 0.286. The number of hydrogen-bond acceptors (Lipinski definition) is 7. The molecule has 2 heterocycles. The summed E-state index contributed by atoms with van der Waals surface area (Å²) in [5.74, 6) is -0.240. The number of thiophene rings is 1. The van der Waals surface area contributed by atoms with Gasteiger partial charge in [0.15, 0.2) is 5.13 Å². The molecule has 7 heteroatoms. The van der Waals surface area contributed by atoms with Gasteiger partial charge < -0.3 is 10.5 Å². The lowest BCUT2D eigenvalue weighted by Gasteiger charge is -2.05. The van der Waals surface area contributed by atoms with E-state index in [1.807, 2.05) is 24.3 Å². The zero-order chi connectivity index (χ0) is 18.5. The van der Waals surface area contributed by atoms with Crippen LogP contribution in [0.4, 0.5) is 5.13 Å². The third-order valence-corrected chi connectivity index (χ3v) is 5.64. The van der Waals surface area contributed by atoms with E-state index in [-0.39, 0.29) is 5.57 Å². The van der Waals surface area contributed by atoms with E-state index in [2.05, 4.69) is 11.9 Å². The first-order valence-corrected chi connectivity index (χ1v) is 9.81. The molecule has 2 aromatic heterocycles. The Bertz CT molecular complexity index is 963. The topological polar surface area (TPSA) is 89.0 Å². The van der Waals surface area contributed by atoms with Crippen molar-refractivity contribution in [3.05, 3.63) is 46.3 Å². The molecule has 0 unspecified atom stereocenters. The third kappa shape index (κ3) is 4.28. The molecule has 0 saturated carbocycles. The van der Waals surface area contributed by atoms with Gasteiger partial charge in [0.1, 0.15) is 22.2 Å². The van der Waals surface area contributed by atoms with Crippen LogP contribution in [0.25, 0.3) is 15.6 Å². The second-order valence-corrected chi connectivity index (χ2v) is 7.80. The van der Waals surface area contributed by atoms with Gasteiger partial charge in [-0.1, -0.05) is 36.8 Å². The van der Waals surface area contributed by atoms with Gasteiger partial charge in [0, 0.05) is 4.88 Å². The fourth-order valence-corrected chi connectivity index (χ4v) is 4.33. The van der Waals surface area contributed by atoms with Gasteiger partial charge in [-0.2, -0.15) is 5.26 Å². The number of thiazole rings is 1. The standard InChI is InChI=1S/C19H17N3O2S2/c1-2-3-4-12-5-7-14(8-6-12)24-18(23)13(11-20)9-15-10-16-17(25-15)22-19(21)26-16/h5-10H,2-4H2,1H3,(H2,21,22)/b13-9+. The number of nitriles is 1. The molecule has 3 rings (SSSR count). The molecular weight excluding hydrogens is 366 g/mol. The molecule has 0 atom stereocenters. The number of aryl methyl sites for hydroxylation is 1. The van der Waals surface area contributed by atoms with E-state index >= 15 is 0 Å². The predicted molar refractivity (Wildman–Crippen MR) is 106 cm³/mol. The highest BCUT2D eigenvalue weighted by Gasteiger charge is 2.14. The molecule has 2 N–H and O–H groups in total. The summed E-state index contributed by atoms with van der Waals surface area (Å²) in [7, 11) is 0. The number of nitrogens with zero attached hydrogens (tertiary/aromatic N) is 2. The van der Waals surface area contributed by atoms with Gasteiger partial charge >= 0.3 is 5.97 Å². The first-order chi connectivity index (χ1) is 12.6. The van der Waals surface area contributed by atoms with Crippen molar-refractivity contribution in [1.29, 1.82) is 5.26 Å². The van der Waals surface area contributed by atoms with Crippen molar-refractivity contribution in [3.8, 4) is 11.8 Å². The molecule has 0 fully saturated rings. The number of hydrogen-bond donors (Lipinski definition) is 1. The number of aromatic nitrogens is 1. The van der Waals surface area contributed by atoms with Gasteiger partial charge in [0.25, 0.3) is 0 Å². The largest absolute Gasteiger partial charge is 0.422 e. The number of rotatable bonds is 6. The number of fused-ring (bicyclic) bond motifs is 1. The molecule has 132 valence electrons. The minimum Gasteiger partial charge on any atom is -0.422 e. The summed E-state index contributed by atoms with van der Waals surface area (Å²) in [6.07, 6.45) is 4.78. The van der Waals surface area contributed by atoms with Crippen LogP contribution in [0, 0.1) is 11.3 Å². The molecule has 1 aromatic carbocycles. The van der Waals surface area contributed by atoms with Gasteiger partial charge in [-0.3, -0.25) is 0 Å². The summed E-state index contributed by atoms with van der Waals surface area (Å²) in [6, 6.07) is 11.2. The molecule has 0 aliphatic heterocycles. The SMILES string of the molecule is CCCCc1ccc(OC(=O)/C(C#N)=C/c2cc3sc(N)nc3s2)cc1. The van der Waals surface area contributed by atoms with E-state index in [0.717, 1.165) is 33.7 Å². The average Bonchev–Trinajstić information content (AvgIpc) is 3.15. The van der Waals surface area contributed by atoms with Crippen LogP contribution >= 0.6 is 22.7 Å². The van der Waals surface area contributed by atoms with E-state index in [4.69, 9.17) is 10.5 Å². The lowest BCUT2D eigenvalue weighted by molar-refractivity contribution is -0.129. The summed E-state index contributed by atoms with van der Waals surface area (Å²) in [6.45, 7) is 2.15. The second-order valence-electron chi connectivity index (χ2n) is 5.68. The summed E-state index contributed by atoms with van der Waals surface area (Å²) >= 11 is 2.75. The molecule has 0 aliphatic carbocycles. The molecule has 26 heavy (non-hydrogen) atoms. The lowest BCUT2D eigenvalue weighted by Crippen LogP contribution is -2.10. The Morgan fingerprint density at radius 3 is 2.77 bits per heavy atom. The van der Waals surface area contributed by atoms with Crippen LogP contribution < -0.4 is 10.5 Å². The predicted octanol–water partition coefficient (Wildman–Crippen LogP) is 4.80. The first kappa shape index (κ1) is 18.1. The number of benzene rings is 1. The number of unbranched alkanes of at least 4 members (excludes halogenated alkanes) is 1. The maximum absolute atomic E-state index is 12.3. The third-order valence-electron chi connectivity index (χ3n) is 3.70. The molecule has 3 aromatic rings. The first-order valence-electron chi connectivity index (χ1n) is 8.18. The van der Waals surface area contributed by atoms with Crippen molar-refractivity contribution >= 4 is 49.4 Å². The van der Waals surface area contributed by atoms with Crippen molar-refractivity contribution in [2.75, 3.05) is 5.73 Å². The maximum Gasteiger partial charge on any atom is 0.354 e. The van der Waals surface area contributed by atoms with Crippen LogP contribution in [0.15, 0.2) is 35.9 Å². The Balaban J connectivity index is 1.71. The van der Waals surface area contributed by atoms with E-state index in [1.165, 1.54) is 34.3 Å². The van der Waals surface area contributed by atoms with Crippen molar-refractivity contribution in [1.82, 2.24) is 4.98 Å². The Hall–Kier alpha value is -2.69. The van der Waals surface area contributed by atoms with Crippen LogP contribution in [0.1, 0.15) is 30.2 Å². The molecule has 0 bridgehead atoms. The second kappa shape index (κ2) is 8.13. The summed E-state index contributed by atoms with van der Waals surface area (Å²) in [5, 5.41) is 9.80. The van der Waals surface area contributed by atoms with Crippen molar-refractivity contribution in [3.63, 3.8) is 0 Å². The van der Waals surface area contributed by atoms with Crippen LogP contribution in [0.5, 0.6) is 5.75 Å². The molecule has 0 spiro atoms. The Morgan fingerprint density at radius 1 is 1.35 bits per heavy atom. The molecule has 5 nitrogen and oxygen atoms in total. The van der Waals surface area contributed by atoms with Crippen LogP contribution in [0.3, 0.4) is 0 Å². The van der Waals surface area contributed by atoms with Crippen LogP contribution in [0.2, 0.25) is 0 Å². The van der Waals surface area contributed by atoms with E-state index < -0.39 is 5.97 Å². The Labute approximate surface area is 159 Å². The number of anilines is 1. The number of carbonyl (C=O) groups is 1. The summed E-state index contributed by atoms with van der Waals surface area (Å²) in [4.78, 5) is 18.0. The zero-order valence-electron chi connectivity index (χ0n) is 14.2. The lowest BCUT2D eigenvalue weighted by atomic mass is 10.1. The Morgan fingerprint density at radius 2 is 2.12 bits per heavy atom. The Kier molecular flexibility index (Phi) is 5.66. The minimum absolute atomic E-state index is 0.0538. The van der Waals surface area contributed by atoms with Crippen molar-refractivity contribution in [2.45, 2.75) is 26.2 Å². The van der Waals surface area contributed by atoms with Gasteiger partial charge in [-0.05, 0) is 42.7 Å². The summed E-state index contributed by atoms with van der Waals surface area (Å²) < 4.78 is 6.25. The van der Waals surface area contributed by atoms with Gasteiger partial charge in [-0.15, -0.1) is 11.3 Å². The molecule has 0 amide bonds. The van der Waals surface area contributed by atoms with Crippen molar-refractivity contribution in [2.24, 2.45) is 0 Å². The highest BCUT2D eigenvalue weighted by molar-refractivity contribution is 7.29. The van der Waals surface area contributed by atoms with E-state index in [0.29, 0.717) is 10.9 Å². The monoisotopic (exact) mass is 383 g/mol. The normalized spacial score (nSPS) is 11.5. The summed E-state index contributed by atoms with van der Waals surface area (Å²) in [5.41, 5.74) is 6.80. The zero-order valence-corrected chi connectivity index (χ0v) is 15.8. The molecule has 0 aliphatic rings. The van der Waals surface area contributed by atoms with Crippen LogP contribution in [-0.2, 0) is 11.2 Å². The van der Waals surface area contributed by atoms with Crippen molar-refractivity contribution < 1.29 is 9.53 Å². The van der Waals surface area contributed by atoms with Gasteiger partial charge in [-0.25, -0.2) is 9.78 Å². The van der Waals surface area contributed by atoms with Gasteiger partial charge in [0.05, 0.1) is 4.70 Å². The molecular formula is C19H17N3O2S2. The average molecular weight is 383 g/mol. The number of ether oxygens (including phenoxy) is 1. The van der Waals surface area contributed by atoms with E-state index in [1.54, 1.807) is 12.1 Å². The maximum atomic E-state index is 12.3. The smallest absolute Gasteiger partial charge is 0.354 e. The number of carbonyl (C=O) groups excluding carboxylic acids is 1. The fraction of sp³-hybridized carbons (Fsp3) is 0.211. The highest BCUT2D eigenvalue weighted by Crippen LogP contribution is 2.32. The highest BCUT2D eigenvalue weighted by atomic mass is 32.1.